The molecule has 112 valence electrons. The van der Waals surface area contributed by atoms with E-state index in [0.717, 1.165) is 0 Å². The predicted molar refractivity (Wildman–Crippen MR) is 73.7 cm³/mol. The molecule has 1 rings (SSSR count). The van der Waals surface area contributed by atoms with Crippen LogP contribution in [0.4, 0.5) is 0 Å². The number of aromatic nitrogens is 1. The van der Waals surface area contributed by atoms with Gasteiger partial charge in [-0.1, -0.05) is 12.1 Å². The molecule has 1 aromatic heterocycles. The number of hydrogen-bond acceptors (Lipinski definition) is 4. The third-order valence-electron chi connectivity index (χ3n) is 3.16. The standard InChI is InChI=1S/C14H22N2O4/c1-5-11-13(10(4)20-15-11)14(19)16(9(2)3)8-6-7-12(17)18/h9H,5-8H2,1-4H3,(H,17,18). The zero-order chi connectivity index (χ0) is 15.3. The van der Waals surface area contributed by atoms with Gasteiger partial charge in [0, 0.05) is 19.0 Å². The quantitative estimate of drug-likeness (QED) is 0.829. The minimum Gasteiger partial charge on any atom is -0.481 e. The lowest BCUT2D eigenvalue weighted by Gasteiger charge is -2.26. The predicted octanol–water partition coefficient (Wildman–Crippen LogP) is 2.26. The molecule has 0 saturated heterocycles. The van der Waals surface area contributed by atoms with E-state index in [9.17, 15) is 9.59 Å². The maximum absolute atomic E-state index is 12.6. The number of carbonyl (C=O) groups is 2. The van der Waals surface area contributed by atoms with Gasteiger partial charge < -0.3 is 14.5 Å². The van der Waals surface area contributed by atoms with Crippen molar-refractivity contribution in [3.05, 3.63) is 17.0 Å². The number of carboxylic acid groups (broad SMARTS) is 1. The van der Waals surface area contributed by atoms with E-state index >= 15 is 0 Å². The van der Waals surface area contributed by atoms with Crippen molar-refractivity contribution >= 4 is 11.9 Å². The fourth-order valence-corrected chi connectivity index (χ4v) is 2.07. The smallest absolute Gasteiger partial charge is 0.303 e. The van der Waals surface area contributed by atoms with Gasteiger partial charge in [0.05, 0.1) is 5.69 Å². The normalized spacial score (nSPS) is 10.8. The average Bonchev–Trinajstić information content (AvgIpc) is 2.74. The van der Waals surface area contributed by atoms with E-state index in [2.05, 4.69) is 5.16 Å². The molecule has 6 heteroatoms. The van der Waals surface area contributed by atoms with Crippen LogP contribution in [0.1, 0.15) is 55.4 Å². The number of hydrogen-bond donors (Lipinski definition) is 1. The average molecular weight is 282 g/mol. The van der Waals surface area contributed by atoms with E-state index in [1.165, 1.54) is 0 Å². The summed E-state index contributed by atoms with van der Waals surface area (Å²) in [6, 6.07) is -0.00435. The zero-order valence-electron chi connectivity index (χ0n) is 12.5. The Labute approximate surface area is 118 Å². The second-order valence-electron chi connectivity index (χ2n) is 5.00. The van der Waals surface area contributed by atoms with E-state index in [0.29, 0.717) is 36.4 Å². The Morgan fingerprint density at radius 2 is 2.05 bits per heavy atom. The van der Waals surface area contributed by atoms with E-state index in [-0.39, 0.29) is 18.4 Å². The summed E-state index contributed by atoms with van der Waals surface area (Å²) in [6.45, 7) is 7.87. The van der Waals surface area contributed by atoms with Crippen molar-refractivity contribution in [1.29, 1.82) is 0 Å². The Bertz CT molecular complexity index is 480. The van der Waals surface area contributed by atoms with Gasteiger partial charge in [0.25, 0.3) is 5.91 Å². The van der Waals surface area contributed by atoms with Crippen LogP contribution in [0.15, 0.2) is 4.52 Å². The number of rotatable bonds is 7. The van der Waals surface area contributed by atoms with E-state index < -0.39 is 5.97 Å². The fraction of sp³-hybridized carbons (Fsp3) is 0.643. The monoisotopic (exact) mass is 282 g/mol. The SMILES string of the molecule is CCc1noc(C)c1C(=O)N(CCCC(=O)O)C(C)C. The van der Waals surface area contributed by atoms with Crippen LogP contribution >= 0.6 is 0 Å². The van der Waals surface area contributed by atoms with Crippen molar-refractivity contribution in [2.45, 2.75) is 53.0 Å². The first-order valence-electron chi connectivity index (χ1n) is 6.86. The van der Waals surface area contributed by atoms with Gasteiger partial charge in [-0.3, -0.25) is 9.59 Å². The number of aliphatic carboxylic acids is 1. The summed E-state index contributed by atoms with van der Waals surface area (Å²) in [5, 5.41) is 12.6. The molecule has 20 heavy (non-hydrogen) atoms. The fourth-order valence-electron chi connectivity index (χ4n) is 2.07. The highest BCUT2D eigenvalue weighted by Crippen LogP contribution is 2.18. The van der Waals surface area contributed by atoms with Crippen molar-refractivity contribution in [2.24, 2.45) is 0 Å². The molecule has 1 N–H and O–H groups in total. The Balaban J connectivity index is 2.88. The Hall–Kier alpha value is -1.85. The van der Waals surface area contributed by atoms with Crippen LogP contribution in [0.3, 0.4) is 0 Å². The van der Waals surface area contributed by atoms with Crippen LogP contribution in [0.25, 0.3) is 0 Å². The van der Waals surface area contributed by atoms with E-state index in [1.807, 2.05) is 20.8 Å². The summed E-state index contributed by atoms with van der Waals surface area (Å²) in [5.41, 5.74) is 1.16. The maximum Gasteiger partial charge on any atom is 0.303 e. The molecule has 6 nitrogen and oxygen atoms in total. The molecule has 0 atom stereocenters. The summed E-state index contributed by atoms with van der Waals surface area (Å²) < 4.78 is 5.09. The molecule has 1 heterocycles. The lowest BCUT2D eigenvalue weighted by atomic mass is 10.1. The van der Waals surface area contributed by atoms with E-state index in [4.69, 9.17) is 9.63 Å². The summed E-state index contributed by atoms with van der Waals surface area (Å²) in [7, 11) is 0. The second-order valence-corrected chi connectivity index (χ2v) is 5.00. The molecular weight excluding hydrogens is 260 g/mol. The van der Waals surface area contributed by atoms with Crippen LogP contribution in [-0.2, 0) is 11.2 Å². The Kier molecular flexibility index (Phi) is 5.73. The van der Waals surface area contributed by atoms with Crippen LogP contribution in [0, 0.1) is 6.92 Å². The third kappa shape index (κ3) is 3.82. The molecule has 0 aromatic carbocycles. The molecule has 1 amide bonds. The maximum atomic E-state index is 12.6. The molecule has 0 aliphatic rings. The number of amides is 1. The summed E-state index contributed by atoms with van der Waals surface area (Å²) in [6.07, 6.45) is 1.12. The van der Waals surface area contributed by atoms with Gasteiger partial charge in [-0.05, 0) is 33.6 Å². The minimum atomic E-state index is -0.850. The van der Waals surface area contributed by atoms with Crippen molar-refractivity contribution in [1.82, 2.24) is 10.1 Å². The molecule has 0 aliphatic heterocycles. The zero-order valence-corrected chi connectivity index (χ0v) is 12.5. The van der Waals surface area contributed by atoms with Crippen LogP contribution in [0.5, 0.6) is 0 Å². The molecule has 0 saturated carbocycles. The minimum absolute atomic E-state index is 0.00435. The van der Waals surface area contributed by atoms with Crippen molar-refractivity contribution < 1.29 is 19.2 Å². The highest BCUT2D eigenvalue weighted by Gasteiger charge is 2.25. The second kappa shape index (κ2) is 7.07. The Morgan fingerprint density at radius 1 is 1.40 bits per heavy atom. The third-order valence-corrected chi connectivity index (χ3v) is 3.16. The van der Waals surface area contributed by atoms with Gasteiger partial charge in [-0.2, -0.15) is 0 Å². The van der Waals surface area contributed by atoms with Gasteiger partial charge in [0.1, 0.15) is 11.3 Å². The van der Waals surface area contributed by atoms with Gasteiger partial charge >= 0.3 is 5.97 Å². The molecule has 0 unspecified atom stereocenters. The molecule has 0 spiro atoms. The highest BCUT2D eigenvalue weighted by atomic mass is 16.5. The molecule has 0 radical (unpaired) electrons. The van der Waals surface area contributed by atoms with Crippen LogP contribution < -0.4 is 0 Å². The van der Waals surface area contributed by atoms with Crippen LogP contribution in [-0.4, -0.2) is 39.6 Å². The molecule has 1 aromatic rings. The van der Waals surface area contributed by atoms with Gasteiger partial charge in [0.15, 0.2) is 0 Å². The topological polar surface area (TPSA) is 83.6 Å². The molecule has 0 aliphatic carbocycles. The summed E-state index contributed by atoms with van der Waals surface area (Å²) >= 11 is 0. The molecular formula is C14H22N2O4. The lowest BCUT2D eigenvalue weighted by Crippen LogP contribution is -2.38. The molecule has 0 fully saturated rings. The van der Waals surface area contributed by atoms with Gasteiger partial charge in [-0.15, -0.1) is 0 Å². The van der Waals surface area contributed by atoms with Crippen molar-refractivity contribution in [2.75, 3.05) is 6.54 Å². The number of carbonyl (C=O) groups excluding carboxylic acids is 1. The first-order valence-corrected chi connectivity index (χ1v) is 6.86. The summed E-state index contributed by atoms with van der Waals surface area (Å²) in [4.78, 5) is 24.8. The van der Waals surface area contributed by atoms with Gasteiger partial charge in [0.2, 0.25) is 0 Å². The number of aryl methyl sites for hydroxylation is 2. The van der Waals surface area contributed by atoms with Gasteiger partial charge in [-0.25, -0.2) is 0 Å². The highest BCUT2D eigenvalue weighted by molar-refractivity contribution is 5.96. The first-order chi connectivity index (χ1) is 9.38. The van der Waals surface area contributed by atoms with Crippen molar-refractivity contribution in [3.8, 4) is 0 Å². The largest absolute Gasteiger partial charge is 0.481 e. The van der Waals surface area contributed by atoms with Crippen molar-refractivity contribution in [3.63, 3.8) is 0 Å². The lowest BCUT2D eigenvalue weighted by molar-refractivity contribution is -0.137. The Morgan fingerprint density at radius 3 is 2.55 bits per heavy atom. The first kappa shape index (κ1) is 16.2. The summed E-state index contributed by atoms with van der Waals surface area (Å²) in [5.74, 6) is -0.478. The van der Waals surface area contributed by atoms with Crippen LogP contribution in [0.2, 0.25) is 0 Å². The van der Waals surface area contributed by atoms with E-state index in [1.54, 1.807) is 11.8 Å². The number of nitrogens with zero attached hydrogens (tertiary/aromatic N) is 2. The molecule has 0 bridgehead atoms. The number of carboxylic acids is 1.